The van der Waals surface area contributed by atoms with E-state index in [1.807, 2.05) is 0 Å². The minimum atomic E-state index is -6.00. The van der Waals surface area contributed by atoms with Crippen LogP contribution in [-0.4, -0.2) is 28.9 Å². The zero-order chi connectivity index (χ0) is 18.6. The minimum Gasteiger partial charge on any atom is -0.418 e. The molecular weight excluding hydrogens is 310 g/mol. The molecule has 0 fully saturated rings. The lowest BCUT2D eigenvalue weighted by Crippen LogP contribution is -2.45. The minimum absolute atomic E-state index is 0.443. The number of hydrogen-bond donors (Lipinski definition) is 0. The van der Waals surface area contributed by atoms with Crippen molar-refractivity contribution >= 4 is 14.5 Å². The third kappa shape index (κ3) is 7.19. The fourth-order valence-electron chi connectivity index (χ4n) is 4.42. The highest BCUT2D eigenvalue weighted by molar-refractivity contribution is 7.80. The molecule has 0 radical (unpaired) electrons. The van der Waals surface area contributed by atoms with Crippen LogP contribution in [0.4, 0.5) is 17.3 Å². The first-order chi connectivity index (χ1) is 9.31. The Balaban J connectivity index is 0. The van der Waals surface area contributed by atoms with E-state index in [2.05, 4.69) is 69.2 Å². The summed E-state index contributed by atoms with van der Waals surface area (Å²) in [5.74, 6) is 0. The van der Waals surface area contributed by atoms with Gasteiger partial charge in [-0.15, -0.1) is 0 Å². The van der Waals surface area contributed by atoms with E-state index in [9.17, 15) is 17.3 Å². The van der Waals surface area contributed by atoms with Gasteiger partial charge in [0.05, 0.1) is 21.6 Å². The Morgan fingerprint density at radius 2 is 0.909 bits per heavy atom. The Kier molecular flexibility index (Phi) is 8.74. The Hall–Kier alpha value is 0.215. The molecule has 22 heavy (non-hydrogen) atoms. The second-order valence-corrected chi connectivity index (χ2v) is 15.0. The number of halogens is 4. The van der Waals surface area contributed by atoms with Crippen LogP contribution in [0.1, 0.15) is 82.1 Å². The second kappa shape index (κ2) is 7.86. The van der Waals surface area contributed by atoms with Crippen LogP contribution in [0.3, 0.4) is 0 Å². The third-order valence-corrected chi connectivity index (χ3v) is 12.1. The summed E-state index contributed by atoms with van der Waals surface area (Å²) in [5, 5.41) is 1.33. The predicted octanol–water partition coefficient (Wildman–Crippen LogP) is 7.50. The van der Waals surface area contributed by atoms with Gasteiger partial charge in [0, 0.05) is 7.26 Å². The molecule has 0 amide bonds. The average Bonchev–Trinajstić information content (AvgIpc) is 2.08. The van der Waals surface area contributed by atoms with Crippen molar-refractivity contribution in [1.82, 2.24) is 0 Å². The van der Waals surface area contributed by atoms with Crippen molar-refractivity contribution in [2.24, 2.45) is 0 Å². The summed E-state index contributed by atoms with van der Waals surface area (Å²) in [5.41, 5.74) is 0. The van der Waals surface area contributed by atoms with Gasteiger partial charge in [0.2, 0.25) is 0 Å². The molecule has 0 heterocycles. The fourth-order valence-corrected chi connectivity index (χ4v) is 13.3. The van der Waals surface area contributed by atoms with E-state index in [0.29, 0.717) is 15.5 Å². The van der Waals surface area contributed by atoms with Crippen molar-refractivity contribution in [3.05, 3.63) is 0 Å². The summed E-state index contributed by atoms with van der Waals surface area (Å²) in [6, 6.07) is 0. The summed E-state index contributed by atoms with van der Waals surface area (Å²) in [4.78, 5) is 0. The molecule has 0 N–H and O–H groups in total. The topological polar surface area (TPSA) is 0 Å². The summed E-state index contributed by atoms with van der Waals surface area (Å²) in [7, 11) is -7.06. The number of unbranched alkanes of at least 4 members (excludes halogenated alkanes) is 1. The molecule has 0 aromatic rings. The molecule has 0 aliphatic carbocycles. The molecule has 0 bridgehead atoms. The monoisotopic (exact) mass is 346 g/mol. The first-order valence-corrected chi connectivity index (χ1v) is 10.0. The lowest BCUT2D eigenvalue weighted by atomic mass is 10.2. The summed E-state index contributed by atoms with van der Waals surface area (Å²) in [6.07, 6.45) is 4.16. The van der Waals surface area contributed by atoms with E-state index in [-0.39, 0.29) is 0 Å². The van der Waals surface area contributed by atoms with Gasteiger partial charge < -0.3 is 17.3 Å². The maximum Gasteiger partial charge on any atom is 0.673 e. The molecule has 0 aliphatic rings. The smallest absolute Gasteiger partial charge is 0.418 e. The first-order valence-electron chi connectivity index (χ1n) is 8.07. The van der Waals surface area contributed by atoms with Gasteiger partial charge in [-0.25, -0.2) is 0 Å². The second-order valence-electron chi connectivity index (χ2n) is 8.89. The highest BCUT2D eigenvalue weighted by Crippen LogP contribution is 2.83. The van der Waals surface area contributed by atoms with Crippen molar-refractivity contribution in [2.45, 2.75) is 97.5 Å². The van der Waals surface area contributed by atoms with Gasteiger partial charge in [0.15, 0.2) is 0 Å². The lowest BCUT2D eigenvalue weighted by Gasteiger charge is -2.54. The van der Waals surface area contributed by atoms with Gasteiger partial charge >= 0.3 is 7.25 Å². The van der Waals surface area contributed by atoms with Crippen LogP contribution >= 0.6 is 7.26 Å². The molecule has 0 saturated carbocycles. The van der Waals surface area contributed by atoms with Gasteiger partial charge in [0.1, 0.15) is 0 Å². The van der Waals surface area contributed by atoms with Crippen molar-refractivity contribution in [2.75, 3.05) is 6.16 Å². The molecule has 136 valence electrons. The first kappa shape index (κ1) is 24.5. The van der Waals surface area contributed by atoms with E-state index in [4.69, 9.17) is 0 Å². The highest BCUT2D eigenvalue weighted by Gasteiger charge is 2.63. The van der Waals surface area contributed by atoms with Crippen LogP contribution < -0.4 is 0 Å². The van der Waals surface area contributed by atoms with Gasteiger partial charge in [-0.3, -0.25) is 0 Å². The quantitative estimate of drug-likeness (QED) is 0.282. The van der Waals surface area contributed by atoms with Crippen LogP contribution in [-0.2, 0) is 0 Å². The van der Waals surface area contributed by atoms with Crippen LogP contribution in [0.25, 0.3) is 0 Å². The van der Waals surface area contributed by atoms with Crippen LogP contribution in [0, 0.1) is 0 Å². The van der Waals surface area contributed by atoms with Gasteiger partial charge in [-0.05, 0) is 68.7 Å². The van der Waals surface area contributed by atoms with Crippen molar-refractivity contribution in [3.63, 3.8) is 0 Å². The third-order valence-electron chi connectivity index (χ3n) is 4.28. The molecule has 6 heteroatoms. The van der Waals surface area contributed by atoms with Crippen molar-refractivity contribution in [3.8, 4) is 0 Å². The van der Waals surface area contributed by atoms with E-state index >= 15 is 0 Å². The zero-order valence-corrected chi connectivity index (χ0v) is 17.1. The summed E-state index contributed by atoms with van der Waals surface area (Å²) in [6.45, 7) is 24.6. The normalized spacial score (nSPS) is 14.5. The molecule has 0 aliphatic heterocycles. The molecule has 0 atom stereocenters. The fraction of sp³-hybridized carbons (Fsp3) is 1.00. The van der Waals surface area contributed by atoms with Gasteiger partial charge in [0.25, 0.3) is 0 Å². The maximum atomic E-state index is 9.75. The van der Waals surface area contributed by atoms with E-state index < -0.39 is 14.5 Å². The predicted molar refractivity (Wildman–Crippen MR) is 96.1 cm³/mol. The molecule has 0 aromatic heterocycles. The number of hydrogen-bond acceptors (Lipinski definition) is 0. The summed E-state index contributed by atoms with van der Waals surface area (Å²) < 4.78 is 39.0. The Morgan fingerprint density at radius 3 is 1.05 bits per heavy atom. The lowest BCUT2D eigenvalue weighted by molar-refractivity contribution is 0.368. The van der Waals surface area contributed by atoms with E-state index in [1.165, 1.54) is 19.0 Å². The molecule has 0 spiro atoms. The molecule has 0 aromatic carbocycles. The Morgan fingerprint density at radius 1 is 0.682 bits per heavy atom. The SMILES string of the molecule is CCCC[P+](C(C)(C)C)(C(C)(C)C)C(C)(C)C.F[B-](F)(F)F. The summed E-state index contributed by atoms with van der Waals surface area (Å²) >= 11 is 0. The van der Waals surface area contributed by atoms with Gasteiger partial charge in [-0.2, -0.15) is 0 Å². The molecule has 0 rings (SSSR count). The van der Waals surface area contributed by atoms with Gasteiger partial charge in [-0.1, -0.05) is 13.3 Å². The highest BCUT2D eigenvalue weighted by atomic mass is 31.2. The maximum absolute atomic E-state index is 9.75. The van der Waals surface area contributed by atoms with Crippen LogP contribution in [0.5, 0.6) is 0 Å². The molecule has 0 saturated heterocycles. The largest absolute Gasteiger partial charge is 0.673 e. The van der Waals surface area contributed by atoms with Crippen molar-refractivity contribution < 1.29 is 17.3 Å². The zero-order valence-electron chi connectivity index (χ0n) is 16.2. The Labute approximate surface area is 136 Å². The van der Waals surface area contributed by atoms with E-state index in [0.717, 1.165) is 0 Å². The van der Waals surface area contributed by atoms with E-state index in [1.54, 1.807) is 0 Å². The van der Waals surface area contributed by atoms with Crippen LogP contribution in [0.2, 0.25) is 0 Å². The molecular formula is C16H36BF4P. The molecule has 0 nitrogen and oxygen atoms in total. The molecule has 0 unspecified atom stereocenters. The Bertz CT molecular complexity index is 277. The average molecular weight is 346 g/mol. The number of rotatable bonds is 3. The van der Waals surface area contributed by atoms with Crippen LogP contribution in [0.15, 0.2) is 0 Å². The van der Waals surface area contributed by atoms with Crippen molar-refractivity contribution in [1.29, 1.82) is 0 Å². The standard InChI is InChI=1S/C16H36P.BF4/c1-11-12-13-17(14(2,3)4,15(5,6)7)16(8,9)10;2-1(3,4)5/h11-13H2,1-10H3;/q+1;-1.